The molecule has 0 spiro atoms. The summed E-state index contributed by atoms with van der Waals surface area (Å²) in [5.74, 6) is 5.97. The third kappa shape index (κ3) is 1.64. The molecule has 0 fully saturated rings. The van der Waals surface area contributed by atoms with Crippen molar-refractivity contribution in [3.05, 3.63) is 35.1 Å². The number of benzene rings is 1. The highest BCUT2D eigenvalue weighted by atomic mass is 35.5. The van der Waals surface area contributed by atoms with Crippen molar-refractivity contribution in [2.75, 3.05) is 11.6 Å². The van der Waals surface area contributed by atoms with Crippen LogP contribution in [0.4, 0.5) is 5.82 Å². The predicted octanol–water partition coefficient (Wildman–Crippen LogP) is 1.81. The van der Waals surface area contributed by atoms with Gasteiger partial charge in [-0.3, -0.25) is 0 Å². The highest BCUT2D eigenvalue weighted by molar-refractivity contribution is 6.31. The number of anilines is 1. The van der Waals surface area contributed by atoms with Crippen LogP contribution in [-0.2, 0) is 0 Å². The van der Waals surface area contributed by atoms with Gasteiger partial charge in [-0.05, 0) is 18.6 Å². The average molecular weight is 223 g/mol. The summed E-state index contributed by atoms with van der Waals surface area (Å²) >= 11 is 6.02. The Kier molecular flexibility index (Phi) is 2.28. The first-order valence-corrected chi connectivity index (χ1v) is 4.82. The molecule has 0 aliphatic heterocycles. The number of nitrogens with zero attached hydrogens (tertiary/aromatic N) is 2. The molecule has 1 aromatic heterocycles. The fourth-order valence-electron chi connectivity index (χ4n) is 1.33. The second-order valence-electron chi connectivity index (χ2n) is 3.35. The lowest BCUT2D eigenvalue weighted by Gasteiger charge is -2.02. The average Bonchev–Trinajstić information content (AvgIpc) is 2.53. The number of hydrogen-bond donors (Lipinski definition) is 2. The Labute approximate surface area is 92.4 Å². The molecule has 2 aromatic rings. The van der Waals surface area contributed by atoms with Gasteiger partial charge in [0.1, 0.15) is 17.8 Å². The second kappa shape index (κ2) is 3.47. The van der Waals surface area contributed by atoms with Gasteiger partial charge in [-0.1, -0.05) is 23.7 Å². The molecule has 0 radical (unpaired) electrons. The monoisotopic (exact) mass is 222 g/mol. The highest BCUT2D eigenvalue weighted by Gasteiger charge is 2.09. The Balaban J connectivity index is 2.55. The minimum Gasteiger partial charge on any atom is -0.382 e. The zero-order chi connectivity index (χ0) is 11.0. The van der Waals surface area contributed by atoms with E-state index >= 15 is 0 Å². The topological polar surface area (TPSA) is 69.9 Å². The van der Waals surface area contributed by atoms with Crippen LogP contribution in [0.15, 0.2) is 24.5 Å². The quantitative estimate of drug-likeness (QED) is 0.723. The number of nitrogens with two attached hydrogens (primary N) is 2. The van der Waals surface area contributed by atoms with Crippen LogP contribution in [0, 0.1) is 6.92 Å². The lowest BCUT2D eigenvalue weighted by molar-refractivity contribution is 1.01. The molecule has 0 saturated carbocycles. The van der Waals surface area contributed by atoms with Gasteiger partial charge >= 0.3 is 0 Å². The van der Waals surface area contributed by atoms with Crippen molar-refractivity contribution in [1.29, 1.82) is 0 Å². The van der Waals surface area contributed by atoms with Crippen molar-refractivity contribution in [3.63, 3.8) is 0 Å². The molecule has 0 amide bonds. The van der Waals surface area contributed by atoms with Gasteiger partial charge < -0.3 is 11.6 Å². The van der Waals surface area contributed by atoms with Gasteiger partial charge in [-0.15, -0.1) is 0 Å². The minimum absolute atomic E-state index is 0.426. The smallest absolute Gasteiger partial charge is 0.150 e. The Morgan fingerprint density at radius 1 is 1.40 bits per heavy atom. The number of aryl methyl sites for hydroxylation is 1. The van der Waals surface area contributed by atoms with E-state index < -0.39 is 0 Å². The van der Waals surface area contributed by atoms with Crippen LogP contribution in [0.2, 0.25) is 5.02 Å². The molecule has 4 N–H and O–H groups in total. The molecule has 1 aromatic carbocycles. The summed E-state index contributed by atoms with van der Waals surface area (Å²) in [4.78, 5) is 4.11. The van der Waals surface area contributed by atoms with Crippen LogP contribution in [0.3, 0.4) is 0 Å². The van der Waals surface area contributed by atoms with E-state index in [1.165, 1.54) is 11.0 Å². The molecule has 2 rings (SSSR count). The SMILES string of the molecule is Cc1ccc(-c2ncn(N)c2N)cc1Cl. The Hall–Kier alpha value is -1.68. The third-order valence-corrected chi connectivity index (χ3v) is 2.68. The van der Waals surface area contributed by atoms with E-state index in [9.17, 15) is 0 Å². The number of nitrogen functional groups attached to an aromatic ring is 2. The van der Waals surface area contributed by atoms with Crippen LogP contribution < -0.4 is 11.6 Å². The van der Waals surface area contributed by atoms with Gasteiger partial charge in [-0.25, -0.2) is 9.66 Å². The number of rotatable bonds is 1. The highest BCUT2D eigenvalue weighted by Crippen LogP contribution is 2.27. The van der Waals surface area contributed by atoms with Crippen molar-refractivity contribution >= 4 is 17.4 Å². The Morgan fingerprint density at radius 3 is 2.67 bits per heavy atom. The Morgan fingerprint density at radius 2 is 2.13 bits per heavy atom. The largest absolute Gasteiger partial charge is 0.382 e. The van der Waals surface area contributed by atoms with Gasteiger partial charge in [0.25, 0.3) is 0 Å². The molecule has 4 nitrogen and oxygen atoms in total. The van der Waals surface area contributed by atoms with Gasteiger partial charge in [-0.2, -0.15) is 0 Å². The minimum atomic E-state index is 0.426. The van der Waals surface area contributed by atoms with Gasteiger partial charge in [0, 0.05) is 10.6 Å². The molecule has 0 aliphatic rings. The van der Waals surface area contributed by atoms with Crippen molar-refractivity contribution in [1.82, 2.24) is 9.66 Å². The van der Waals surface area contributed by atoms with Gasteiger partial charge in [0.05, 0.1) is 0 Å². The summed E-state index contributed by atoms with van der Waals surface area (Å²) in [5.41, 5.74) is 8.29. The summed E-state index contributed by atoms with van der Waals surface area (Å²) in [5, 5.41) is 0.693. The molecule has 1 heterocycles. The van der Waals surface area contributed by atoms with Crippen molar-refractivity contribution in [2.24, 2.45) is 0 Å². The number of halogens is 1. The maximum Gasteiger partial charge on any atom is 0.150 e. The summed E-state index contributed by atoms with van der Waals surface area (Å²) < 4.78 is 1.28. The maximum atomic E-state index is 6.02. The van der Waals surface area contributed by atoms with Crippen LogP contribution in [-0.4, -0.2) is 9.66 Å². The first kappa shape index (κ1) is 9.86. The molecule has 0 saturated heterocycles. The molecule has 78 valence electrons. The standard InChI is InChI=1S/C10H11ClN4/c1-6-2-3-7(4-8(6)11)9-10(12)15(13)5-14-9/h2-5H,12-13H2,1H3. The summed E-state index contributed by atoms with van der Waals surface area (Å²) in [6.45, 7) is 1.94. The molecule has 0 aliphatic carbocycles. The molecular formula is C10H11ClN4. The third-order valence-electron chi connectivity index (χ3n) is 2.28. The van der Waals surface area contributed by atoms with E-state index in [0.29, 0.717) is 16.5 Å². The zero-order valence-corrected chi connectivity index (χ0v) is 8.99. The van der Waals surface area contributed by atoms with E-state index in [4.69, 9.17) is 23.2 Å². The molecule has 0 unspecified atom stereocenters. The lowest BCUT2D eigenvalue weighted by Crippen LogP contribution is -2.09. The number of aromatic nitrogens is 2. The van der Waals surface area contributed by atoms with Gasteiger partial charge in [0.15, 0.2) is 0 Å². The summed E-state index contributed by atoms with van der Waals surface area (Å²) in [6.07, 6.45) is 1.47. The predicted molar refractivity (Wildman–Crippen MR) is 62.0 cm³/mol. The van der Waals surface area contributed by atoms with Crippen LogP contribution in [0.25, 0.3) is 11.3 Å². The second-order valence-corrected chi connectivity index (χ2v) is 3.76. The molecule has 5 heteroatoms. The molecule has 0 atom stereocenters. The van der Waals surface area contributed by atoms with Crippen molar-refractivity contribution in [2.45, 2.75) is 6.92 Å². The molecule has 15 heavy (non-hydrogen) atoms. The summed E-state index contributed by atoms with van der Waals surface area (Å²) in [7, 11) is 0. The van der Waals surface area contributed by atoms with Gasteiger partial charge in [0.2, 0.25) is 0 Å². The van der Waals surface area contributed by atoms with Crippen LogP contribution in [0.5, 0.6) is 0 Å². The van der Waals surface area contributed by atoms with E-state index in [0.717, 1.165) is 11.1 Å². The normalized spacial score (nSPS) is 10.5. The molecule has 0 bridgehead atoms. The van der Waals surface area contributed by atoms with Crippen LogP contribution >= 0.6 is 11.6 Å². The molecular weight excluding hydrogens is 212 g/mol. The van der Waals surface area contributed by atoms with Crippen molar-refractivity contribution < 1.29 is 0 Å². The fourth-order valence-corrected chi connectivity index (χ4v) is 1.51. The van der Waals surface area contributed by atoms with E-state index in [1.807, 2.05) is 25.1 Å². The number of hydrogen-bond acceptors (Lipinski definition) is 3. The fraction of sp³-hybridized carbons (Fsp3) is 0.100. The number of imidazole rings is 1. The van der Waals surface area contributed by atoms with Crippen molar-refractivity contribution in [3.8, 4) is 11.3 Å². The van der Waals surface area contributed by atoms with Crippen LogP contribution in [0.1, 0.15) is 5.56 Å². The van der Waals surface area contributed by atoms with E-state index in [2.05, 4.69) is 4.98 Å². The van der Waals surface area contributed by atoms with E-state index in [-0.39, 0.29) is 0 Å². The summed E-state index contributed by atoms with van der Waals surface area (Å²) in [6, 6.07) is 5.67. The zero-order valence-electron chi connectivity index (χ0n) is 8.24. The Bertz CT molecular complexity index is 504. The maximum absolute atomic E-state index is 6.02. The lowest BCUT2D eigenvalue weighted by atomic mass is 10.1. The first-order valence-electron chi connectivity index (χ1n) is 4.44. The first-order chi connectivity index (χ1) is 7.09. The van der Waals surface area contributed by atoms with E-state index in [1.54, 1.807) is 0 Å².